The van der Waals surface area contributed by atoms with Gasteiger partial charge >= 0.3 is 0 Å². The molecular formula is C24H25N3O4. The summed E-state index contributed by atoms with van der Waals surface area (Å²) in [7, 11) is 3.15. The highest BCUT2D eigenvalue weighted by atomic mass is 16.5. The third kappa shape index (κ3) is 3.99. The SMILES string of the molecule is COc1ccc([C@H]2OC([C@H](C)Nc3cccc4ccccc34)=NN2C(C)=O)c(OC)c1. The van der Waals surface area contributed by atoms with Gasteiger partial charge < -0.3 is 19.5 Å². The smallest absolute Gasteiger partial charge is 0.243 e. The first kappa shape index (κ1) is 20.5. The molecule has 1 heterocycles. The van der Waals surface area contributed by atoms with Crippen molar-refractivity contribution in [3.05, 3.63) is 66.2 Å². The van der Waals surface area contributed by atoms with Crippen molar-refractivity contribution in [2.24, 2.45) is 5.10 Å². The third-order valence-corrected chi connectivity index (χ3v) is 5.22. The molecule has 0 bridgehead atoms. The molecule has 0 aromatic heterocycles. The minimum atomic E-state index is -0.717. The van der Waals surface area contributed by atoms with E-state index in [0.717, 1.165) is 16.5 Å². The second-order valence-electron chi connectivity index (χ2n) is 7.27. The van der Waals surface area contributed by atoms with Gasteiger partial charge in [-0.3, -0.25) is 4.79 Å². The van der Waals surface area contributed by atoms with Crippen molar-refractivity contribution < 1.29 is 19.0 Å². The summed E-state index contributed by atoms with van der Waals surface area (Å²) < 4.78 is 16.9. The number of amides is 1. The van der Waals surface area contributed by atoms with Gasteiger partial charge in [-0.1, -0.05) is 36.4 Å². The van der Waals surface area contributed by atoms with Crippen LogP contribution >= 0.6 is 0 Å². The van der Waals surface area contributed by atoms with Crippen LogP contribution in [-0.2, 0) is 9.53 Å². The number of nitrogens with one attached hydrogen (secondary N) is 1. The molecule has 1 aliphatic heterocycles. The van der Waals surface area contributed by atoms with Crippen LogP contribution in [0.1, 0.15) is 25.6 Å². The molecule has 160 valence electrons. The van der Waals surface area contributed by atoms with Gasteiger partial charge in [-0.25, -0.2) is 0 Å². The fraction of sp³-hybridized carbons (Fsp3) is 0.250. The average molecular weight is 419 g/mol. The molecule has 31 heavy (non-hydrogen) atoms. The molecule has 7 heteroatoms. The monoisotopic (exact) mass is 419 g/mol. The van der Waals surface area contributed by atoms with E-state index in [2.05, 4.69) is 28.6 Å². The largest absolute Gasteiger partial charge is 0.497 e. The van der Waals surface area contributed by atoms with E-state index in [4.69, 9.17) is 14.2 Å². The van der Waals surface area contributed by atoms with Gasteiger partial charge in [0, 0.05) is 24.1 Å². The first-order valence-corrected chi connectivity index (χ1v) is 10.0. The van der Waals surface area contributed by atoms with Crippen LogP contribution in [0.4, 0.5) is 5.69 Å². The highest BCUT2D eigenvalue weighted by Gasteiger charge is 2.36. The summed E-state index contributed by atoms with van der Waals surface area (Å²) in [5.41, 5.74) is 1.66. The molecule has 7 nitrogen and oxygen atoms in total. The van der Waals surface area contributed by atoms with Crippen LogP contribution in [0.15, 0.2) is 65.8 Å². The van der Waals surface area contributed by atoms with Crippen LogP contribution in [0, 0.1) is 0 Å². The standard InChI is InChI=1S/C24H25N3O4/c1-15(25-21-11-7-9-17-8-5-6-10-19(17)21)23-26-27(16(2)28)24(31-23)20-13-12-18(29-3)14-22(20)30-4/h5-15,24-25H,1-4H3/t15-,24+/m0/s1. The number of nitrogens with zero attached hydrogens (tertiary/aromatic N) is 2. The zero-order chi connectivity index (χ0) is 22.0. The van der Waals surface area contributed by atoms with E-state index in [1.807, 2.05) is 37.3 Å². The molecule has 4 rings (SSSR count). The zero-order valence-electron chi connectivity index (χ0n) is 18.0. The van der Waals surface area contributed by atoms with Gasteiger partial charge in [0.25, 0.3) is 0 Å². The van der Waals surface area contributed by atoms with Crippen LogP contribution in [0.5, 0.6) is 11.5 Å². The van der Waals surface area contributed by atoms with Crippen molar-refractivity contribution in [2.75, 3.05) is 19.5 Å². The predicted molar refractivity (Wildman–Crippen MR) is 120 cm³/mol. The highest BCUT2D eigenvalue weighted by Crippen LogP contribution is 2.37. The molecule has 0 saturated carbocycles. The second kappa shape index (κ2) is 8.55. The van der Waals surface area contributed by atoms with Crippen LogP contribution in [0.3, 0.4) is 0 Å². The molecule has 3 aromatic rings. The molecule has 0 fully saturated rings. The van der Waals surface area contributed by atoms with E-state index in [9.17, 15) is 4.79 Å². The summed E-state index contributed by atoms with van der Waals surface area (Å²) in [6, 6.07) is 19.3. The quantitative estimate of drug-likeness (QED) is 0.635. The summed E-state index contributed by atoms with van der Waals surface area (Å²) in [5.74, 6) is 1.41. The molecule has 0 radical (unpaired) electrons. The number of hydrazone groups is 1. The maximum absolute atomic E-state index is 12.3. The summed E-state index contributed by atoms with van der Waals surface area (Å²) in [5, 5.41) is 11.5. The Bertz CT molecular complexity index is 1140. The van der Waals surface area contributed by atoms with Crippen molar-refractivity contribution in [1.82, 2.24) is 5.01 Å². The maximum Gasteiger partial charge on any atom is 0.243 e. The van der Waals surface area contributed by atoms with Crippen LogP contribution in [0.2, 0.25) is 0 Å². The first-order chi connectivity index (χ1) is 15.0. The Morgan fingerprint density at radius 2 is 1.87 bits per heavy atom. The normalized spacial score (nSPS) is 16.5. The summed E-state index contributed by atoms with van der Waals surface area (Å²) >= 11 is 0. The number of ether oxygens (including phenoxy) is 3. The van der Waals surface area contributed by atoms with E-state index in [1.165, 1.54) is 11.9 Å². The number of methoxy groups -OCH3 is 2. The molecule has 0 unspecified atom stereocenters. The number of hydrogen-bond acceptors (Lipinski definition) is 6. The van der Waals surface area contributed by atoms with Crippen molar-refractivity contribution in [3.8, 4) is 11.5 Å². The number of rotatable bonds is 6. The first-order valence-electron chi connectivity index (χ1n) is 10.0. The summed E-state index contributed by atoms with van der Waals surface area (Å²) in [4.78, 5) is 12.3. The molecule has 0 saturated heterocycles. The summed E-state index contributed by atoms with van der Waals surface area (Å²) in [6.45, 7) is 3.41. The van der Waals surface area contributed by atoms with Crippen LogP contribution in [-0.4, -0.2) is 37.1 Å². The Kier molecular flexibility index (Phi) is 5.66. The Hall–Kier alpha value is -3.74. The van der Waals surface area contributed by atoms with Crippen molar-refractivity contribution in [3.63, 3.8) is 0 Å². The van der Waals surface area contributed by atoms with Gasteiger partial charge in [0.1, 0.15) is 17.5 Å². The molecule has 0 aliphatic carbocycles. The number of carbonyl (C=O) groups excluding carboxylic acids is 1. The molecule has 1 N–H and O–H groups in total. The Balaban J connectivity index is 1.61. The fourth-order valence-corrected chi connectivity index (χ4v) is 3.63. The van der Waals surface area contributed by atoms with Gasteiger partial charge in [-0.05, 0) is 30.5 Å². The van der Waals surface area contributed by atoms with Crippen molar-refractivity contribution in [1.29, 1.82) is 0 Å². The topological polar surface area (TPSA) is 72.4 Å². The minimum Gasteiger partial charge on any atom is -0.497 e. The minimum absolute atomic E-state index is 0.227. The molecule has 0 spiro atoms. The highest BCUT2D eigenvalue weighted by molar-refractivity contribution is 5.96. The van der Waals surface area contributed by atoms with Crippen molar-refractivity contribution >= 4 is 28.3 Å². The second-order valence-corrected chi connectivity index (χ2v) is 7.27. The van der Waals surface area contributed by atoms with Crippen LogP contribution < -0.4 is 14.8 Å². The van der Waals surface area contributed by atoms with E-state index >= 15 is 0 Å². The molecular weight excluding hydrogens is 394 g/mol. The van der Waals surface area contributed by atoms with Crippen molar-refractivity contribution in [2.45, 2.75) is 26.1 Å². The van der Waals surface area contributed by atoms with Gasteiger partial charge in [-0.15, -0.1) is 5.10 Å². The fourth-order valence-electron chi connectivity index (χ4n) is 3.63. The lowest BCUT2D eigenvalue weighted by Crippen LogP contribution is -2.27. The molecule has 3 aromatic carbocycles. The zero-order valence-corrected chi connectivity index (χ0v) is 18.0. The summed E-state index contributed by atoms with van der Waals surface area (Å²) in [6.07, 6.45) is -0.717. The Morgan fingerprint density at radius 3 is 2.61 bits per heavy atom. The lowest BCUT2D eigenvalue weighted by molar-refractivity contribution is -0.135. The number of fused-ring (bicyclic) bond motifs is 1. The van der Waals surface area contributed by atoms with E-state index in [0.29, 0.717) is 23.0 Å². The lowest BCUT2D eigenvalue weighted by atomic mass is 10.1. The van der Waals surface area contributed by atoms with Crippen LogP contribution in [0.25, 0.3) is 10.8 Å². The molecule has 1 aliphatic rings. The number of anilines is 1. The lowest BCUT2D eigenvalue weighted by Gasteiger charge is -2.22. The Morgan fingerprint density at radius 1 is 1.10 bits per heavy atom. The van der Waals surface area contributed by atoms with Gasteiger partial charge in [0.2, 0.25) is 18.0 Å². The Labute approximate surface area is 181 Å². The van der Waals surface area contributed by atoms with E-state index in [1.54, 1.807) is 26.4 Å². The van der Waals surface area contributed by atoms with Gasteiger partial charge in [-0.2, -0.15) is 5.01 Å². The van der Waals surface area contributed by atoms with E-state index < -0.39 is 6.23 Å². The number of benzene rings is 3. The maximum atomic E-state index is 12.3. The molecule has 1 amide bonds. The van der Waals surface area contributed by atoms with Gasteiger partial charge in [0.15, 0.2) is 0 Å². The third-order valence-electron chi connectivity index (χ3n) is 5.22. The number of carbonyl (C=O) groups is 1. The average Bonchev–Trinajstić information content (AvgIpc) is 3.24. The molecule has 2 atom stereocenters. The number of hydrogen-bond donors (Lipinski definition) is 1. The predicted octanol–water partition coefficient (Wildman–Crippen LogP) is 4.55. The van der Waals surface area contributed by atoms with E-state index in [-0.39, 0.29) is 11.9 Å². The van der Waals surface area contributed by atoms with Gasteiger partial charge in [0.05, 0.1) is 19.8 Å².